The van der Waals surface area contributed by atoms with Crippen molar-refractivity contribution in [1.82, 2.24) is 0 Å². The Kier molecular flexibility index (Phi) is 6.03. The Morgan fingerprint density at radius 2 is 2.44 bits per heavy atom. The van der Waals surface area contributed by atoms with Crippen LogP contribution in [0.2, 0.25) is 0 Å². The molecular formula is C6H9IO2. The number of carbonyl (C=O) groups excluding carboxylic acids is 1. The standard InChI is InChI=1S/C6H9IO2/c1-2-3-4-9-6(8)5-7/h2-3H,4-5H2,1H3. The summed E-state index contributed by atoms with van der Waals surface area (Å²) in [6, 6.07) is 0. The van der Waals surface area contributed by atoms with Gasteiger partial charge in [0.2, 0.25) is 0 Å². The fraction of sp³-hybridized carbons (Fsp3) is 0.500. The minimum atomic E-state index is -0.159. The van der Waals surface area contributed by atoms with Crippen molar-refractivity contribution >= 4 is 28.6 Å². The van der Waals surface area contributed by atoms with Gasteiger partial charge in [-0.15, -0.1) is 0 Å². The largest absolute Gasteiger partial charge is 0.461 e. The summed E-state index contributed by atoms with van der Waals surface area (Å²) in [5, 5.41) is 0. The van der Waals surface area contributed by atoms with Gasteiger partial charge in [0.1, 0.15) is 6.61 Å². The lowest BCUT2D eigenvalue weighted by Crippen LogP contribution is -2.04. The second kappa shape index (κ2) is 6.07. The number of alkyl halides is 1. The van der Waals surface area contributed by atoms with Gasteiger partial charge in [0.25, 0.3) is 0 Å². The van der Waals surface area contributed by atoms with Crippen molar-refractivity contribution in [3.63, 3.8) is 0 Å². The van der Waals surface area contributed by atoms with Gasteiger partial charge in [-0.25, -0.2) is 0 Å². The number of allylic oxidation sites excluding steroid dienone is 1. The van der Waals surface area contributed by atoms with Crippen LogP contribution in [0.1, 0.15) is 6.92 Å². The summed E-state index contributed by atoms with van der Waals surface area (Å²) in [6.45, 7) is 2.29. The minimum Gasteiger partial charge on any atom is -0.461 e. The van der Waals surface area contributed by atoms with E-state index in [0.717, 1.165) is 0 Å². The highest BCUT2D eigenvalue weighted by Crippen LogP contribution is 1.85. The number of esters is 1. The molecule has 0 aliphatic carbocycles. The van der Waals surface area contributed by atoms with Gasteiger partial charge in [-0.1, -0.05) is 34.7 Å². The first-order chi connectivity index (χ1) is 4.31. The van der Waals surface area contributed by atoms with Gasteiger partial charge < -0.3 is 4.74 Å². The first kappa shape index (κ1) is 8.94. The third kappa shape index (κ3) is 5.82. The summed E-state index contributed by atoms with van der Waals surface area (Å²) in [5.74, 6) is -0.159. The van der Waals surface area contributed by atoms with Crippen LogP contribution in [0.25, 0.3) is 0 Å². The fourth-order valence-corrected chi connectivity index (χ4v) is 0.496. The molecule has 0 radical (unpaired) electrons. The predicted molar refractivity (Wildman–Crippen MR) is 44.7 cm³/mol. The lowest BCUT2D eigenvalue weighted by atomic mass is 10.5. The van der Waals surface area contributed by atoms with Crippen LogP contribution in [0.5, 0.6) is 0 Å². The van der Waals surface area contributed by atoms with Crippen LogP contribution in [-0.4, -0.2) is 17.0 Å². The molecule has 0 saturated heterocycles. The van der Waals surface area contributed by atoms with Crippen molar-refractivity contribution in [3.05, 3.63) is 12.2 Å². The van der Waals surface area contributed by atoms with Gasteiger partial charge in [0.15, 0.2) is 0 Å². The first-order valence-corrected chi connectivity index (χ1v) is 4.16. The molecule has 0 unspecified atom stereocenters. The van der Waals surface area contributed by atoms with Gasteiger partial charge >= 0.3 is 5.97 Å². The molecule has 0 aromatic heterocycles. The van der Waals surface area contributed by atoms with Crippen LogP contribution < -0.4 is 0 Å². The Morgan fingerprint density at radius 3 is 2.89 bits per heavy atom. The van der Waals surface area contributed by atoms with E-state index in [9.17, 15) is 4.79 Å². The molecule has 0 amide bonds. The van der Waals surface area contributed by atoms with E-state index in [4.69, 9.17) is 4.74 Å². The Morgan fingerprint density at radius 1 is 1.78 bits per heavy atom. The Labute approximate surface area is 68.4 Å². The van der Waals surface area contributed by atoms with Gasteiger partial charge in [0.05, 0.1) is 4.43 Å². The monoisotopic (exact) mass is 240 g/mol. The van der Waals surface area contributed by atoms with Gasteiger partial charge in [0, 0.05) is 0 Å². The van der Waals surface area contributed by atoms with E-state index < -0.39 is 0 Å². The summed E-state index contributed by atoms with van der Waals surface area (Å²) < 4.78 is 5.12. The molecule has 9 heavy (non-hydrogen) atoms. The first-order valence-electron chi connectivity index (χ1n) is 2.64. The lowest BCUT2D eigenvalue weighted by Gasteiger charge is -1.94. The maximum atomic E-state index is 10.4. The van der Waals surface area contributed by atoms with Crippen molar-refractivity contribution < 1.29 is 9.53 Å². The van der Waals surface area contributed by atoms with Gasteiger partial charge in [-0.05, 0) is 6.92 Å². The SMILES string of the molecule is CC=CCOC(=O)CI. The van der Waals surface area contributed by atoms with Crippen LogP contribution in [0.3, 0.4) is 0 Å². The summed E-state index contributed by atoms with van der Waals surface area (Å²) in [6.07, 6.45) is 3.64. The van der Waals surface area contributed by atoms with E-state index in [0.29, 0.717) is 11.0 Å². The summed E-state index contributed by atoms with van der Waals surface area (Å²) >= 11 is 1.97. The van der Waals surface area contributed by atoms with Crippen molar-refractivity contribution in [1.29, 1.82) is 0 Å². The molecule has 0 aliphatic rings. The van der Waals surface area contributed by atoms with Crippen molar-refractivity contribution in [2.45, 2.75) is 6.92 Å². The number of ether oxygens (including phenoxy) is 1. The van der Waals surface area contributed by atoms with E-state index in [2.05, 4.69) is 0 Å². The molecule has 0 aromatic carbocycles. The lowest BCUT2D eigenvalue weighted by molar-refractivity contribution is -0.138. The molecule has 0 atom stereocenters. The number of carbonyl (C=O) groups is 1. The molecule has 0 bridgehead atoms. The molecule has 2 nitrogen and oxygen atoms in total. The zero-order chi connectivity index (χ0) is 7.11. The van der Waals surface area contributed by atoms with Crippen LogP contribution in [0.15, 0.2) is 12.2 Å². The smallest absolute Gasteiger partial charge is 0.316 e. The van der Waals surface area contributed by atoms with Crippen molar-refractivity contribution in [2.24, 2.45) is 0 Å². The Balaban J connectivity index is 3.17. The molecule has 0 saturated carbocycles. The highest BCUT2D eigenvalue weighted by atomic mass is 127. The molecule has 0 N–H and O–H groups in total. The van der Waals surface area contributed by atoms with E-state index in [1.807, 2.05) is 35.6 Å². The molecule has 52 valence electrons. The second-order valence-electron chi connectivity index (χ2n) is 1.39. The third-order valence-electron chi connectivity index (χ3n) is 0.685. The molecule has 3 heteroatoms. The highest BCUT2D eigenvalue weighted by molar-refractivity contribution is 14.1. The highest BCUT2D eigenvalue weighted by Gasteiger charge is 1.93. The number of halogens is 1. The molecule has 0 fully saturated rings. The molecule has 0 heterocycles. The van der Waals surface area contributed by atoms with E-state index in [1.165, 1.54) is 0 Å². The van der Waals surface area contributed by atoms with Crippen molar-refractivity contribution in [3.8, 4) is 0 Å². The quantitative estimate of drug-likeness (QED) is 0.323. The molecule has 0 spiro atoms. The van der Waals surface area contributed by atoms with Crippen LogP contribution in [-0.2, 0) is 9.53 Å². The summed E-state index contributed by atoms with van der Waals surface area (Å²) in [4.78, 5) is 10.4. The molecule has 0 aliphatic heterocycles. The second-order valence-corrected chi connectivity index (χ2v) is 2.15. The molecular weight excluding hydrogens is 231 g/mol. The normalized spacial score (nSPS) is 10.0. The molecule has 0 rings (SSSR count). The average Bonchev–Trinajstić information content (AvgIpc) is 1.89. The maximum Gasteiger partial charge on any atom is 0.316 e. The third-order valence-corrected chi connectivity index (χ3v) is 1.31. The Hall–Kier alpha value is -0.0600. The van der Waals surface area contributed by atoms with Gasteiger partial charge in [-0.3, -0.25) is 4.79 Å². The predicted octanol–water partition coefficient (Wildman–Crippen LogP) is 1.54. The van der Waals surface area contributed by atoms with E-state index in [1.54, 1.807) is 6.08 Å². The summed E-state index contributed by atoms with van der Waals surface area (Å²) in [7, 11) is 0. The minimum absolute atomic E-state index is 0.159. The van der Waals surface area contributed by atoms with Crippen LogP contribution in [0, 0.1) is 0 Å². The molecule has 0 aromatic rings. The zero-order valence-electron chi connectivity index (χ0n) is 5.26. The number of rotatable bonds is 3. The number of hydrogen-bond acceptors (Lipinski definition) is 2. The van der Waals surface area contributed by atoms with Gasteiger partial charge in [-0.2, -0.15) is 0 Å². The van der Waals surface area contributed by atoms with Crippen molar-refractivity contribution in [2.75, 3.05) is 11.0 Å². The zero-order valence-corrected chi connectivity index (χ0v) is 7.42. The average molecular weight is 240 g/mol. The Bertz CT molecular complexity index is 110. The topological polar surface area (TPSA) is 26.3 Å². The van der Waals surface area contributed by atoms with E-state index in [-0.39, 0.29) is 5.97 Å². The van der Waals surface area contributed by atoms with Crippen LogP contribution in [0.4, 0.5) is 0 Å². The number of hydrogen-bond donors (Lipinski definition) is 0. The van der Waals surface area contributed by atoms with Crippen LogP contribution >= 0.6 is 22.6 Å². The summed E-state index contributed by atoms with van der Waals surface area (Å²) in [5.41, 5.74) is 0. The van der Waals surface area contributed by atoms with E-state index >= 15 is 0 Å². The maximum absolute atomic E-state index is 10.4. The fourth-order valence-electron chi connectivity index (χ4n) is 0.276.